The summed E-state index contributed by atoms with van der Waals surface area (Å²) >= 11 is 5.86. The van der Waals surface area contributed by atoms with Crippen molar-refractivity contribution in [3.8, 4) is 17.4 Å². The van der Waals surface area contributed by atoms with Crippen LogP contribution in [0.4, 0.5) is 4.39 Å². The summed E-state index contributed by atoms with van der Waals surface area (Å²) in [5.74, 6) is 1.05. The molecule has 0 unspecified atom stereocenters. The van der Waals surface area contributed by atoms with Gasteiger partial charge in [0.1, 0.15) is 5.75 Å². The molecule has 2 atom stereocenters. The van der Waals surface area contributed by atoms with Gasteiger partial charge in [0.2, 0.25) is 5.88 Å². The molecular weight excluding hydrogens is 509 g/mol. The van der Waals surface area contributed by atoms with Crippen LogP contribution >= 0.6 is 11.6 Å². The Kier molecular flexibility index (Phi) is 6.66. The standard InChI is InChI=1S/C29H27ClFN3O4/c30-22-6-10-27(32-14-22)38-23-7-3-19(4-8-23)28(35)33-15-21-11-12-34(25(21)16-33)29(36)20-5-9-26(24(31)13-20)37-17-18-1-2-18/h3-10,13-14,18,21,25H,1-2,11-12,15-17H2/t21-,25+/m0/s1. The number of aromatic nitrogens is 1. The second kappa shape index (κ2) is 10.3. The molecule has 196 valence electrons. The average Bonchev–Trinajstić information content (AvgIpc) is 3.53. The van der Waals surface area contributed by atoms with Crippen LogP contribution in [0, 0.1) is 17.7 Å². The van der Waals surface area contributed by atoms with Crippen molar-refractivity contribution >= 4 is 23.4 Å². The van der Waals surface area contributed by atoms with Crippen LogP contribution < -0.4 is 9.47 Å². The minimum atomic E-state index is -0.519. The fraction of sp³-hybridized carbons (Fsp3) is 0.345. The van der Waals surface area contributed by atoms with E-state index in [4.69, 9.17) is 21.1 Å². The number of hydrogen-bond acceptors (Lipinski definition) is 5. The predicted octanol–water partition coefficient (Wildman–Crippen LogP) is 5.44. The minimum Gasteiger partial charge on any atom is -0.490 e. The Labute approximate surface area is 225 Å². The summed E-state index contributed by atoms with van der Waals surface area (Å²) in [5.41, 5.74) is 0.848. The Morgan fingerprint density at radius 3 is 2.47 bits per heavy atom. The van der Waals surface area contributed by atoms with E-state index < -0.39 is 5.82 Å². The molecule has 2 aromatic carbocycles. The van der Waals surface area contributed by atoms with Crippen LogP contribution in [-0.4, -0.2) is 58.9 Å². The molecule has 2 aliphatic heterocycles. The molecule has 0 spiro atoms. The highest BCUT2D eigenvalue weighted by Crippen LogP contribution is 2.34. The molecule has 1 saturated carbocycles. The number of carbonyl (C=O) groups excluding carboxylic acids is 2. The van der Waals surface area contributed by atoms with Crippen molar-refractivity contribution in [2.45, 2.75) is 25.3 Å². The lowest BCUT2D eigenvalue weighted by molar-refractivity contribution is 0.0688. The summed E-state index contributed by atoms with van der Waals surface area (Å²) in [6, 6.07) is 14.6. The third kappa shape index (κ3) is 5.18. The highest BCUT2D eigenvalue weighted by atomic mass is 35.5. The second-order valence-electron chi connectivity index (χ2n) is 10.2. The monoisotopic (exact) mass is 535 g/mol. The number of rotatable bonds is 7. The molecule has 2 saturated heterocycles. The molecule has 1 aliphatic carbocycles. The van der Waals surface area contributed by atoms with E-state index in [2.05, 4.69) is 4.98 Å². The van der Waals surface area contributed by atoms with Crippen molar-refractivity contribution in [1.29, 1.82) is 0 Å². The number of carbonyl (C=O) groups is 2. The van der Waals surface area contributed by atoms with Crippen molar-refractivity contribution in [2.24, 2.45) is 11.8 Å². The van der Waals surface area contributed by atoms with Gasteiger partial charge in [0.25, 0.3) is 11.8 Å². The number of hydrogen-bond donors (Lipinski definition) is 0. The summed E-state index contributed by atoms with van der Waals surface area (Å²) in [6.07, 6.45) is 4.56. The number of benzene rings is 2. The Morgan fingerprint density at radius 1 is 0.974 bits per heavy atom. The summed E-state index contributed by atoms with van der Waals surface area (Å²) < 4.78 is 25.9. The molecule has 3 heterocycles. The van der Waals surface area contributed by atoms with Gasteiger partial charge in [0, 0.05) is 48.9 Å². The van der Waals surface area contributed by atoms with Gasteiger partial charge in [-0.25, -0.2) is 9.37 Å². The Hall–Kier alpha value is -3.65. The van der Waals surface area contributed by atoms with Crippen molar-refractivity contribution in [2.75, 3.05) is 26.2 Å². The highest BCUT2D eigenvalue weighted by Gasteiger charge is 2.45. The van der Waals surface area contributed by atoms with Crippen LogP contribution in [0.3, 0.4) is 0 Å². The highest BCUT2D eigenvalue weighted by molar-refractivity contribution is 6.30. The van der Waals surface area contributed by atoms with Gasteiger partial charge in [-0.15, -0.1) is 0 Å². The van der Waals surface area contributed by atoms with Crippen LogP contribution in [-0.2, 0) is 0 Å². The van der Waals surface area contributed by atoms with Gasteiger partial charge < -0.3 is 19.3 Å². The molecule has 9 heteroatoms. The van der Waals surface area contributed by atoms with Gasteiger partial charge in [0.05, 0.1) is 17.7 Å². The maximum atomic E-state index is 14.6. The van der Waals surface area contributed by atoms with Gasteiger partial charge in [-0.3, -0.25) is 9.59 Å². The fourth-order valence-electron chi connectivity index (χ4n) is 5.18. The molecule has 1 aromatic heterocycles. The largest absolute Gasteiger partial charge is 0.490 e. The maximum absolute atomic E-state index is 14.6. The third-order valence-corrected chi connectivity index (χ3v) is 7.69. The lowest BCUT2D eigenvalue weighted by Gasteiger charge is -2.25. The molecule has 0 N–H and O–H groups in total. The molecule has 6 rings (SSSR count). The first-order valence-corrected chi connectivity index (χ1v) is 13.2. The van der Waals surface area contributed by atoms with Crippen molar-refractivity contribution in [3.05, 3.63) is 82.8 Å². The number of halogens is 2. The lowest BCUT2D eigenvalue weighted by atomic mass is 10.0. The SMILES string of the molecule is O=C(c1ccc(Oc2ccc(Cl)cn2)cc1)N1C[C@@H]2CCN(C(=O)c3ccc(OCC4CC4)c(F)c3)[C@@H]2C1. The van der Waals surface area contributed by atoms with Crippen LogP contribution in [0.1, 0.15) is 40.0 Å². The topological polar surface area (TPSA) is 72.0 Å². The first-order valence-electron chi connectivity index (χ1n) is 12.9. The summed E-state index contributed by atoms with van der Waals surface area (Å²) in [6.45, 7) is 2.15. The zero-order valence-electron chi connectivity index (χ0n) is 20.7. The molecule has 0 bridgehead atoms. The molecule has 3 aromatic rings. The van der Waals surface area contributed by atoms with Crippen LogP contribution in [0.2, 0.25) is 5.02 Å². The van der Waals surface area contributed by atoms with Gasteiger partial charge >= 0.3 is 0 Å². The number of fused-ring (bicyclic) bond motifs is 1. The fourth-order valence-corrected chi connectivity index (χ4v) is 5.29. The zero-order valence-corrected chi connectivity index (χ0v) is 21.4. The molecule has 38 heavy (non-hydrogen) atoms. The molecule has 3 aliphatic rings. The van der Waals surface area contributed by atoms with Gasteiger partial charge in [-0.1, -0.05) is 11.6 Å². The van der Waals surface area contributed by atoms with Crippen LogP contribution in [0.15, 0.2) is 60.8 Å². The summed E-state index contributed by atoms with van der Waals surface area (Å²) in [5, 5.41) is 0.521. The van der Waals surface area contributed by atoms with E-state index in [1.54, 1.807) is 58.3 Å². The third-order valence-electron chi connectivity index (χ3n) is 7.47. The van der Waals surface area contributed by atoms with Crippen LogP contribution in [0.25, 0.3) is 0 Å². The van der Waals surface area contributed by atoms with E-state index in [0.717, 1.165) is 19.3 Å². The van der Waals surface area contributed by atoms with Gasteiger partial charge in [-0.05, 0) is 73.7 Å². The Balaban J connectivity index is 1.08. The second-order valence-corrected chi connectivity index (χ2v) is 10.6. The smallest absolute Gasteiger partial charge is 0.254 e. The first kappa shape index (κ1) is 24.7. The quantitative estimate of drug-likeness (QED) is 0.403. The maximum Gasteiger partial charge on any atom is 0.254 e. The van der Waals surface area contributed by atoms with Gasteiger partial charge in [0.15, 0.2) is 11.6 Å². The van der Waals surface area contributed by atoms with Crippen molar-refractivity contribution in [1.82, 2.24) is 14.8 Å². The van der Waals surface area contributed by atoms with E-state index in [9.17, 15) is 14.0 Å². The molecule has 3 fully saturated rings. The Bertz CT molecular complexity index is 1350. The number of pyridine rings is 1. The van der Waals surface area contributed by atoms with E-state index >= 15 is 0 Å². The van der Waals surface area contributed by atoms with E-state index in [1.165, 1.54) is 12.3 Å². The number of nitrogens with zero attached hydrogens (tertiary/aromatic N) is 3. The van der Waals surface area contributed by atoms with Crippen molar-refractivity contribution < 1.29 is 23.5 Å². The van der Waals surface area contributed by atoms with Crippen LogP contribution in [0.5, 0.6) is 17.4 Å². The number of ether oxygens (including phenoxy) is 2. The number of amides is 2. The summed E-state index contributed by atoms with van der Waals surface area (Å²) in [7, 11) is 0. The average molecular weight is 536 g/mol. The van der Waals surface area contributed by atoms with E-state index in [0.29, 0.717) is 59.9 Å². The normalized spacial score (nSPS) is 20.4. The number of likely N-dealkylation sites (tertiary alicyclic amines) is 2. The molecule has 2 amide bonds. The predicted molar refractivity (Wildman–Crippen MR) is 139 cm³/mol. The Morgan fingerprint density at radius 2 is 1.76 bits per heavy atom. The molecule has 7 nitrogen and oxygen atoms in total. The molecule has 0 radical (unpaired) electrons. The van der Waals surface area contributed by atoms with Crippen molar-refractivity contribution in [3.63, 3.8) is 0 Å². The zero-order chi connectivity index (χ0) is 26.2. The van der Waals surface area contributed by atoms with E-state index in [1.807, 2.05) is 0 Å². The molecular formula is C29H27ClFN3O4. The van der Waals surface area contributed by atoms with Gasteiger partial charge in [-0.2, -0.15) is 0 Å². The lowest BCUT2D eigenvalue weighted by Crippen LogP contribution is -2.40. The first-order chi connectivity index (χ1) is 18.4. The minimum absolute atomic E-state index is 0.0844. The van der Waals surface area contributed by atoms with E-state index in [-0.39, 0.29) is 29.5 Å². The summed E-state index contributed by atoms with van der Waals surface area (Å²) in [4.78, 5) is 34.2.